The second-order valence-electron chi connectivity index (χ2n) is 6.25. The van der Waals surface area contributed by atoms with E-state index in [4.69, 9.17) is 0 Å². The van der Waals surface area contributed by atoms with Crippen molar-refractivity contribution in [1.82, 2.24) is 20.2 Å². The van der Waals surface area contributed by atoms with Gasteiger partial charge in [0.2, 0.25) is 5.91 Å². The first-order chi connectivity index (χ1) is 12.5. The van der Waals surface area contributed by atoms with Crippen LogP contribution < -0.4 is 15.5 Å². The third-order valence-electron chi connectivity index (χ3n) is 4.65. The van der Waals surface area contributed by atoms with E-state index in [1.54, 1.807) is 6.07 Å². The quantitative estimate of drug-likeness (QED) is 0.877. The maximum absolute atomic E-state index is 13.8. The van der Waals surface area contributed by atoms with Gasteiger partial charge in [0.15, 0.2) is 0 Å². The molecular formula is C17H17F2N5O2. The molecule has 0 aliphatic carbocycles. The molecule has 0 unspecified atom stereocenters. The average molecular weight is 361 g/mol. The molecule has 0 saturated carbocycles. The summed E-state index contributed by atoms with van der Waals surface area (Å²) in [5.74, 6) is -0.349. The number of imidazole rings is 1. The lowest BCUT2D eigenvalue weighted by Gasteiger charge is -2.27. The summed E-state index contributed by atoms with van der Waals surface area (Å²) in [6, 6.07) is 4.83. The van der Waals surface area contributed by atoms with Crippen molar-refractivity contribution in [2.75, 3.05) is 18.0 Å². The van der Waals surface area contributed by atoms with E-state index in [-0.39, 0.29) is 24.6 Å². The first-order valence-electron chi connectivity index (χ1n) is 8.34. The van der Waals surface area contributed by atoms with Crippen molar-refractivity contribution < 1.29 is 18.4 Å². The Morgan fingerprint density at radius 3 is 2.77 bits per heavy atom. The molecule has 2 aliphatic rings. The minimum atomic E-state index is -2.87. The van der Waals surface area contributed by atoms with E-state index < -0.39 is 18.5 Å². The normalized spacial score (nSPS) is 17.4. The number of carbonyl (C=O) groups is 2. The van der Waals surface area contributed by atoms with E-state index in [1.165, 1.54) is 6.20 Å². The van der Waals surface area contributed by atoms with Crippen LogP contribution in [-0.4, -0.2) is 34.6 Å². The van der Waals surface area contributed by atoms with Crippen LogP contribution in [0.3, 0.4) is 0 Å². The molecule has 136 valence electrons. The molecule has 0 radical (unpaired) electrons. The van der Waals surface area contributed by atoms with Gasteiger partial charge >= 0.3 is 12.6 Å². The number of aromatic nitrogens is 2. The lowest BCUT2D eigenvalue weighted by Crippen LogP contribution is -2.50. The number of alkyl halides is 2. The number of carbonyl (C=O) groups excluding carboxylic acids is 2. The second-order valence-corrected chi connectivity index (χ2v) is 6.25. The van der Waals surface area contributed by atoms with Gasteiger partial charge in [-0.05, 0) is 30.2 Å². The number of halogens is 2. The van der Waals surface area contributed by atoms with E-state index in [0.717, 1.165) is 40.1 Å². The summed E-state index contributed by atoms with van der Waals surface area (Å²) in [6.07, 6.45) is 2.13. The Morgan fingerprint density at radius 2 is 2.00 bits per heavy atom. The van der Waals surface area contributed by atoms with Crippen molar-refractivity contribution in [3.8, 4) is 11.4 Å². The van der Waals surface area contributed by atoms with Crippen molar-refractivity contribution in [1.29, 1.82) is 0 Å². The number of hydrogen-bond donors (Lipinski definition) is 2. The van der Waals surface area contributed by atoms with Gasteiger partial charge in [0, 0.05) is 25.1 Å². The number of fused-ring (bicyclic) bond motifs is 1. The highest BCUT2D eigenvalue weighted by atomic mass is 19.3. The van der Waals surface area contributed by atoms with Crippen molar-refractivity contribution in [3.05, 3.63) is 35.5 Å². The maximum Gasteiger partial charge on any atom is 0.329 e. The van der Waals surface area contributed by atoms with Gasteiger partial charge in [0.05, 0.1) is 6.20 Å². The summed E-state index contributed by atoms with van der Waals surface area (Å²) >= 11 is 0. The van der Waals surface area contributed by atoms with Crippen LogP contribution in [-0.2, 0) is 17.8 Å². The lowest BCUT2D eigenvalue weighted by molar-refractivity contribution is -0.120. The zero-order valence-electron chi connectivity index (χ0n) is 13.8. The fraction of sp³-hybridized carbons (Fsp3) is 0.353. The highest BCUT2D eigenvalue weighted by Gasteiger charge is 2.30. The van der Waals surface area contributed by atoms with Gasteiger partial charge < -0.3 is 5.32 Å². The molecule has 0 spiro atoms. The van der Waals surface area contributed by atoms with E-state index in [2.05, 4.69) is 15.6 Å². The van der Waals surface area contributed by atoms with E-state index in [0.29, 0.717) is 5.56 Å². The smallest absolute Gasteiger partial charge is 0.312 e. The average Bonchev–Trinajstić information content (AvgIpc) is 3.06. The molecule has 3 amide bonds. The SMILES string of the molecule is O=C1CCN(c2cnc(-c3ccc4c(c3)CCNC4)n2C(F)F)C(=O)N1. The van der Waals surface area contributed by atoms with Gasteiger partial charge in [0.1, 0.15) is 11.6 Å². The molecule has 3 heterocycles. The highest BCUT2D eigenvalue weighted by Crippen LogP contribution is 2.32. The van der Waals surface area contributed by atoms with Crippen molar-refractivity contribution in [3.63, 3.8) is 0 Å². The largest absolute Gasteiger partial charge is 0.329 e. The van der Waals surface area contributed by atoms with Crippen LogP contribution in [0.4, 0.5) is 19.4 Å². The standard InChI is InChI=1S/C17H17F2N5O2/c18-16(19)24-14(23-6-4-13(25)22-17(23)26)9-21-15(24)11-1-2-12-8-20-5-3-10(12)7-11/h1-2,7,9,16,20H,3-6,8H2,(H,22,25,26). The summed E-state index contributed by atoms with van der Waals surface area (Å²) in [5.41, 5.74) is 2.82. The number of rotatable bonds is 3. The molecule has 2 aliphatic heterocycles. The number of nitrogens with zero attached hydrogens (tertiary/aromatic N) is 3. The van der Waals surface area contributed by atoms with E-state index in [1.807, 2.05) is 12.1 Å². The fourth-order valence-corrected chi connectivity index (χ4v) is 3.36. The van der Waals surface area contributed by atoms with Gasteiger partial charge in [-0.2, -0.15) is 8.78 Å². The predicted octanol–water partition coefficient (Wildman–Crippen LogP) is 2.04. The molecule has 1 fully saturated rings. The maximum atomic E-state index is 13.8. The van der Waals surface area contributed by atoms with Gasteiger partial charge in [-0.15, -0.1) is 0 Å². The summed E-state index contributed by atoms with van der Waals surface area (Å²) in [4.78, 5) is 28.6. The molecule has 26 heavy (non-hydrogen) atoms. The highest BCUT2D eigenvalue weighted by molar-refractivity contribution is 6.05. The van der Waals surface area contributed by atoms with Crippen LogP contribution in [0.1, 0.15) is 24.1 Å². The number of amides is 3. The van der Waals surface area contributed by atoms with Crippen molar-refractivity contribution in [2.45, 2.75) is 25.9 Å². The van der Waals surface area contributed by atoms with Gasteiger partial charge in [-0.3, -0.25) is 19.6 Å². The van der Waals surface area contributed by atoms with Gasteiger partial charge in [0.25, 0.3) is 0 Å². The van der Waals surface area contributed by atoms with Gasteiger partial charge in [-0.25, -0.2) is 9.78 Å². The first kappa shape index (κ1) is 16.6. The molecule has 0 atom stereocenters. The minimum Gasteiger partial charge on any atom is -0.312 e. The number of imide groups is 1. The Kier molecular flexibility index (Phi) is 4.15. The third-order valence-corrected chi connectivity index (χ3v) is 4.65. The predicted molar refractivity (Wildman–Crippen MR) is 89.8 cm³/mol. The molecule has 9 heteroatoms. The topological polar surface area (TPSA) is 79.3 Å². The Bertz CT molecular complexity index is 880. The molecule has 2 aromatic rings. The molecule has 7 nitrogen and oxygen atoms in total. The third kappa shape index (κ3) is 2.84. The molecule has 2 N–H and O–H groups in total. The Balaban J connectivity index is 1.75. The number of urea groups is 1. The fourth-order valence-electron chi connectivity index (χ4n) is 3.36. The first-order valence-corrected chi connectivity index (χ1v) is 8.34. The summed E-state index contributed by atoms with van der Waals surface area (Å²) < 4.78 is 28.3. The van der Waals surface area contributed by atoms with Crippen molar-refractivity contribution >= 4 is 17.8 Å². The second kappa shape index (κ2) is 6.49. The van der Waals surface area contributed by atoms with E-state index >= 15 is 0 Å². The molecule has 1 saturated heterocycles. The molecule has 4 rings (SSSR count). The molecule has 1 aromatic heterocycles. The van der Waals surface area contributed by atoms with Crippen LogP contribution >= 0.6 is 0 Å². The Hall–Kier alpha value is -2.81. The molecule has 1 aromatic carbocycles. The Labute approximate surface area is 148 Å². The lowest BCUT2D eigenvalue weighted by atomic mass is 9.98. The zero-order valence-corrected chi connectivity index (χ0v) is 13.8. The Morgan fingerprint density at radius 1 is 1.15 bits per heavy atom. The molecular weight excluding hydrogens is 344 g/mol. The number of hydrogen-bond acceptors (Lipinski definition) is 4. The van der Waals surface area contributed by atoms with Crippen LogP contribution in [0.5, 0.6) is 0 Å². The summed E-state index contributed by atoms with van der Waals surface area (Å²) in [6.45, 7) is -1.23. The van der Waals surface area contributed by atoms with Crippen LogP contribution in [0.15, 0.2) is 24.4 Å². The van der Waals surface area contributed by atoms with Gasteiger partial charge in [-0.1, -0.05) is 12.1 Å². The summed E-state index contributed by atoms with van der Waals surface area (Å²) in [5, 5.41) is 5.40. The van der Waals surface area contributed by atoms with E-state index in [9.17, 15) is 18.4 Å². The zero-order chi connectivity index (χ0) is 18.3. The minimum absolute atomic E-state index is 0.0283. The van der Waals surface area contributed by atoms with Crippen molar-refractivity contribution in [2.24, 2.45) is 0 Å². The number of nitrogens with one attached hydrogen (secondary N) is 2. The molecule has 0 bridgehead atoms. The monoisotopic (exact) mass is 361 g/mol. The summed E-state index contributed by atoms with van der Waals surface area (Å²) in [7, 11) is 0. The van der Waals surface area contributed by atoms with Crippen LogP contribution in [0.25, 0.3) is 11.4 Å². The number of anilines is 1. The number of benzene rings is 1. The van der Waals surface area contributed by atoms with Crippen LogP contribution in [0, 0.1) is 0 Å². The van der Waals surface area contributed by atoms with Crippen LogP contribution in [0.2, 0.25) is 0 Å².